The Kier molecular flexibility index (Phi) is 3.35. The lowest BCUT2D eigenvalue weighted by Gasteiger charge is -2.08. The van der Waals surface area contributed by atoms with Crippen LogP contribution in [0.25, 0.3) is 0 Å². The molecule has 0 aliphatic carbocycles. The van der Waals surface area contributed by atoms with E-state index in [1.165, 1.54) is 12.1 Å². The van der Waals surface area contributed by atoms with Gasteiger partial charge in [0.15, 0.2) is 0 Å². The van der Waals surface area contributed by atoms with Gasteiger partial charge in [-0.25, -0.2) is 0 Å². The second kappa shape index (κ2) is 4.35. The highest BCUT2D eigenvalue weighted by molar-refractivity contribution is 5.41. The third kappa shape index (κ3) is 3.28. The Labute approximate surface area is 86.1 Å². The lowest BCUT2D eigenvalue weighted by molar-refractivity contribution is -0.127. The highest BCUT2D eigenvalue weighted by Gasteiger charge is 2.28. The maximum absolute atomic E-state index is 12.1. The van der Waals surface area contributed by atoms with E-state index in [2.05, 4.69) is 0 Å². The largest absolute Gasteiger partial charge is 0.393 e. The van der Waals surface area contributed by atoms with Crippen molar-refractivity contribution in [3.8, 4) is 6.07 Å². The summed E-state index contributed by atoms with van der Waals surface area (Å²) in [4.78, 5) is 0. The van der Waals surface area contributed by atoms with Crippen LogP contribution in [-0.2, 0) is 12.8 Å². The summed E-state index contributed by atoms with van der Waals surface area (Å²) in [6, 6.07) is 6.31. The first kappa shape index (κ1) is 11.6. The Balaban J connectivity index is 3.04. The Morgan fingerprint density at radius 3 is 2.47 bits per heavy atom. The molecule has 0 saturated carbocycles. The molecule has 0 amide bonds. The SMILES string of the molecule is CCc1ccc(CC(F)(F)F)c(C#N)c1. The van der Waals surface area contributed by atoms with Gasteiger partial charge < -0.3 is 0 Å². The minimum absolute atomic E-state index is 0.0437. The van der Waals surface area contributed by atoms with E-state index in [1.807, 2.05) is 6.92 Å². The molecule has 0 aliphatic heterocycles. The minimum Gasteiger partial charge on any atom is -0.192 e. The molecule has 0 N–H and O–H groups in total. The molecule has 15 heavy (non-hydrogen) atoms. The highest BCUT2D eigenvalue weighted by atomic mass is 19.4. The Hall–Kier alpha value is -1.50. The van der Waals surface area contributed by atoms with E-state index in [-0.39, 0.29) is 11.1 Å². The summed E-state index contributed by atoms with van der Waals surface area (Å²) in [7, 11) is 0. The number of hydrogen-bond donors (Lipinski definition) is 0. The first-order valence-electron chi connectivity index (χ1n) is 4.55. The van der Waals surface area contributed by atoms with Crippen LogP contribution < -0.4 is 0 Å². The van der Waals surface area contributed by atoms with Crippen LogP contribution in [0.4, 0.5) is 13.2 Å². The van der Waals surface area contributed by atoms with Gasteiger partial charge in [0.25, 0.3) is 0 Å². The fourth-order valence-electron chi connectivity index (χ4n) is 1.32. The van der Waals surface area contributed by atoms with E-state index in [9.17, 15) is 13.2 Å². The number of hydrogen-bond acceptors (Lipinski definition) is 1. The molecule has 0 aliphatic rings. The third-order valence-electron chi connectivity index (χ3n) is 2.09. The standard InChI is InChI=1S/C11H10F3N/c1-2-8-3-4-9(6-11(12,13)14)10(5-8)7-15/h3-5H,2,6H2,1H3. The van der Waals surface area contributed by atoms with Crippen LogP contribution in [0.5, 0.6) is 0 Å². The summed E-state index contributed by atoms with van der Waals surface area (Å²) < 4.78 is 36.4. The van der Waals surface area contributed by atoms with Crippen LogP contribution in [-0.4, -0.2) is 6.18 Å². The zero-order chi connectivity index (χ0) is 11.5. The van der Waals surface area contributed by atoms with Crippen LogP contribution in [0, 0.1) is 11.3 Å². The molecule has 0 heterocycles. The number of nitriles is 1. The first-order valence-corrected chi connectivity index (χ1v) is 4.55. The quantitative estimate of drug-likeness (QED) is 0.739. The second-order valence-corrected chi connectivity index (χ2v) is 3.25. The predicted octanol–water partition coefficient (Wildman–Crippen LogP) is 3.23. The number of rotatable bonds is 2. The fourth-order valence-corrected chi connectivity index (χ4v) is 1.32. The van der Waals surface area contributed by atoms with Gasteiger partial charge in [0.05, 0.1) is 18.1 Å². The van der Waals surface area contributed by atoms with E-state index in [1.54, 1.807) is 12.1 Å². The van der Waals surface area contributed by atoms with Gasteiger partial charge >= 0.3 is 6.18 Å². The molecule has 0 atom stereocenters. The molecule has 0 bridgehead atoms. The van der Waals surface area contributed by atoms with E-state index in [4.69, 9.17) is 5.26 Å². The van der Waals surface area contributed by atoms with Crippen molar-refractivity contribution in [1.82, 2.24) is 0 Å². The summed E-state index contributed by atoms with van der Waals surface area (Å²) in [5.41, 5.74) is 1.03. The summed E-state index contributed by atoms with van der Waals surface area (Å²) >= 11 is 0. The van der Waals surface area contributed by atoms with Gasteiger partial charge in [0, 0.05) is 0 Å². The molecule has 0 fully saturated rings. The van der Waals surface area contributed by atoms with Crippen LogP contribution in [0.3, 0.4) is 0 Å². The first-order chi connectivity index (χ1) is 6.96. The van der Waals surface area contributed by atoms with Gasteiger partial charge in [-0.2, -0.15) is 18.4 Å². The van der Waals surface area contributed by atoms with Crippen molar-refractivity contribution < 1.29 is 13.2 Å². The predicted molar refractivity (Wildman–Crippen MR) is 50.3 cm³/mol. The summed E-state index contributed by atoms with van der Waals surface area (Å²) in [6.07, 6.45) is -4.60. The maximum Gasteiger partial charge on any atom is 0.393 e. The lowest BCUT2D eigenvalue weighted by Crippen LogP contribution is -2.12. The fraction of sp³-hybridized carbons (Fsp3) is 0.364. The van der Waals surface area contributed by atoms with Crippen LogP contribution >= 0.6 is 0 Å². The van der Waals surface area contributed by atoms with Gasteiger partial charge in [-0.3, -0.25) is 0 Å². The molecule has 80 valence electrons. The van der Waals surface area contributed by atoms with Gasteiger partial charge in [-0.15, -0.1) is 0 Å². The summed E-state index contributed by atoms with van der Waals surface area (Å²) in [5, 5.41) is 8.72. The van der Waals surface area contributed by atoms with Crippen molar-refractivity contribution in [2.75, 3.05) is 0 Å². The molecule has 4 heteroatoms. The van der Waals surface area contributed by atoms with Crippen LogP contribution in [0.15, 0.2) is 18.2 Å². The van der Waals surface area contributed by atoms with Crippen molar-refractivity contribution in [1.29, 1.82) is 5.26 Å². The van der Waals surface area contributed by atoms with Crippen molar-refractivity contribution in [2.45, 2.75) is 25.9 Å². The average molecular weight is 213 g/mol. The van der Waals surface area contributed by atoms with E-state index in [0.29, 0.717) is 6.42 Å². The number of benzene rings is 1. The zero-order valence-electron chi connectivity index (χ0n) is 8.23. The average Bonchev–Trinajstić information content (AvgIpc) is 2.16. The Bertz CT molecular complexity index is 388. The Morgan fingerprint density at radius 1 is 1.33 bits per heavy atom. The summed E-state index contributed by atoms with van der Waals surface area (Å²) in [6.45, 7) is 1.89. The molecule has 0 unspecified atom stereocenters. The number of aryl methyl sites for hydroxylation is 1. The summed E-state index contributed by atoms with van der Waals surface area (Å²) in [5.74, 6) is 0. The molecular weight excluding hydrogens is 203 g/mol. The third-order valence-corrected chi connectivity index (χ3v) is 2.09. The van der Waals surface area contributed by atoms with Gasteiger partial charge in [0.2, 0.25) is 0 Å². The molecule has 0 aromatic heterocycles. The maximum atomic E-state index is 12.1. The Morgan fingerprint density at radius 2 is 2.00 bits per heavy atom. The molecule has 1 aromatic carbocycles. The van der Waals surface area contributed by atoms with Gasteiger partial charge in [0.1, 0.15) is 0 Å². The normalized spacial score (nSPS) is 11.1. The van der Waals surface area contributed by atoms with Crippen molar-refractivity contribution >= 4 is 0 Å². The smallest absolute Gasteiger partial charge is 0.192 e. The van der Waals surface area contributed by atoms with Gasteiger partial charge in [-0.05, 0) is 23.6 Å². The number of alkyl halides is 3. The molecule has 0 saturated heterocycles. The van der Waals surface area contributed by atoms with E-state index >= 15 is 0 Å². The second-order valence-electron chi connectivity index (χ2n) is 3.25. The lowest BCUT2D eigenvalue weighted by atomic mass is 10.0. The van der Waals surface area contributed by atoms with Crippen LogP contribution in [0.2, 0.25) is 0 Å². The number of nitrogens with zero attached hydrogens (tertiary/aromatic N) is 1. The molecule has 1 nitrogen and oxygen atoms in total. The minimum atomic E-state index is -4.26. The van der Waals surface area contributed by atoms with E-state index in [0.717, 1.165) is 5.56 Å². The van der Waals surface area contributed by atoms with Crippen molar-refractivity contribution in [2.24, 2.45) is 0 Å². The van der Waals surface area contributed by atoms with Crippen molar-refractivity contribution in [3.63, 3.8) is 0 Å². The highest BCUT2D eigenvalue weighted by Crippen LogP contribution is 2.23. The van der Waals surface area contributed by atoms with Crippen molar-refractivity contribution in [3.05, 3.63) is 34.9 Å². The number of halogens is 3. The zero-order valence-corrected chi connectivity index (χ0v) is 8.23. The van der Waals surface area contributed by atoms with Gasteiger partial charge in [-0.1, -0.05) is 19.1 Å². The molecule has 0 spiro atoms. The monoisotopic (exact) mass is 213 g/mol. The van der Waals surface area contributed by atoms with E-state index < -0.39 is 12.6 Å². The molecule has 0 radical (unpaired) electrons. The molecular formula is C11H10F3N. The molecule has 1 aromatic rings. The molecule has 1 rings (SSSR count). The topological polar surface area (TPSA) is 23.8 Å². The van der Waals surface area contributed by atoms with Crippen LogP contribution in [0.1, 0.15) is 23.6 Å².